The molecule has 0 saturated carbocycles. The lowest BCUT2D eigenvalue weighted by Crippen LogP contribution is -2.44. The maximum absolute atomic E-state index is 13.7. The molecule has 3 N–H and O–H groups in total. The van der Waals surface area contributed by atoms with E-state index >= 15 is 0 Å². The number of aromatic hydroxyl groups is 1. The minimum Gasteiger partial charge on any atom is -0.507 e. The summed E-state index contributed by atoms with van der Waals surface area (Å²) in [6.45, 7) is 3.85. The minimum atomic E-state index is -1.66. The van der Waals surface area contributed by atoms with Gasteiger partial charge in [-0.1, -0.05) is 86.3 Å². The van der Waals surface area contributed by atoms with Crippen LogP contribution in [-0.4, -0.2) is 38.7 Å². The number of carboxylic acid groups (broad SMARTS) is 1. The summed E-state index contributed by atoms with van der Waals surface area (Å²) in [5.41, 5.74) is 0.929. The zero-order valence-corrected chi connectivity index (χ0v) is 27.1. The van der Waals surface area contributed by atoms with E-state index in [0.29, 0.717) is 41.2 Å². The summed E-state index contributed by atoms with van der Waals surface area (Å²) >= 11 is 5.22. The predicted octanol–water partition coefficient (Wildman–Crippen LogP) is 6.07. The number of phenolic OH excluding ortho intramolecular Hbond substituents is 1. The van der Waals surface area contributed by atoms with Crippen LogP contribution in [0.5, 0.6) is 17.4 Å². The van der Waals surface area contributed by atoms with E-state index in [2.05, 4.69) is 0 Å². The number of carbonyl (C=O) groups is 2. The summed E-state index contributed by atoms with van der Waals surface area (Å²) < 4.78 is 16.6. The van der Waals surface area contributed by atoms with Crippen LogP contribution in [0.3, 0.4) is 0 Å². The second-order valence-corrected chi connectivity index (χ2v) is 11.6. The Labute approximate surface area is 277 Å². The van der Waals surface area contributed by atoms with E-state index in [4.69, 9.17) is 26.1 Å². The third-order valence-electron chi connectivity index (χ3n) is 7.68. The molecule has 1 aliphatic rings. The van der Waals surface area contributed by atoms with Gasteiger partial charge in [0.1, 0.15) is 16.9 Å². The number of Topliss-reactive ketones (excluding diaryl/α,β-unsaturated/α-hetero) is 1. The molecule has 3 aromatic rings. The van der Waals surface area contributed by atoms with Crippen molar-refractivity contribution in [3.05, 3.63) is 110 Å². The van der Waals surface area contributed by atoms with Gasteiger partial charge in [-0.2, -0.15) is 0 Å². The molecule has 47 heavy (non-hydrogen) atoms. The van der Waals surface area contributed by atoms with Gasteiger partial charge in [-0.3, -0.25) is 9.59 Å². The van der Waals surface area contributed by atoms with Gasteiger partial charge in [-0.05, 0) is 56.4 Å². The topological polar surface area (TPSA) is 144 Å². The summed E-state index contributed by atoms with van der Waals surface area (Å²) in [7, 11) is 0. The molecule has 1 aliphatic carbocycles. The fourth-order valence-corrected chi connectivity index (χ4v) is 5.55. The van der Waals surface area contributed by atoms with Crippen LogP contribution >= 0.6 is 12.2 Å². The molecule has 0 aliphatic heterocycles. The Morgan fingerprint density at radius 1 is 1.11 bits per heavy atom. The molecule has 0 fully saturated rings. The van der Waals surface area contributed by atoms with Gasteiger partial charge < -0.3 is 29.2 Å². The molecule has 0 bridgehead atoms. The van der Waals surface area contributed by atoms with Crippen molar-refractivity contribution >= 4 is 41.2 Å². The number of aliphatic hydroxyl groups excluding tert-OH is 1. The van der Waals surface area contributed by atoms with Crippen molar-refractivity contribution < 1.29 is 38.8 Å². The highest BCUT2D eigenvalue weighted by molar-refractivity contribution is 7.81. The van der Waals surface area contributed by atoms with Crippen molar-refractivity contribution in [1.82, 2.24) is 0 Å². The van der Waals surface area contributed by atoms with E-state index in [1.807, 2.05) is 13.0 Å². The third-order valence-corrected chi connectivity index (χ3v) is 7.96. The van der Waals surface area contributed by atoms with E-state index < -0.39 is 29.6 Å². The highest BCUT2D eigenvalue weighted by Gasteiger charge is 2.30. The lowest BCUT2D eigenvalue weighted by molar-refractivity contribution is 0.101. The number of rotatable bonds is 15. The largest absolute Gasteiger partial charge is 0.513 e. The van der Waals surface area contributed by atoms with Crippen molar-refractivity contribution in [3.63, 3.8) is 0 Å². The number of ketones is 1. The monoisotopic (exact) mass is 658 g/mol. The minimum absolute atomic E-state index is 0.0161. The summed E-state index contributed by atoms with van der Waals surface area (Å²) in [6.07, 6.45) is 11.3. The number of hydrogen-bond acceptors (Lipinski definition) is 9. The van der Waals surface area contributed by atoms with E-state index in [1.54, 1.807) is 66.8 Å². The molecule has 1 aromatic heterocycles. The summed E-state index contributed by atoms with van der Waals surface area (Å²) in [5, 5.41) is 31.6. The fraction of sp³-hybridized carbons (Fsp3) is 0.297. The zero-order chi connectivity index (χ0) is 33.9. The number of carbonyl (C=O) groups excluding carboxylic acids is 1. The third kappa shape index (κ3) is 8.93. The predicted molar refractivity (Wildman–Crippen MR) is 183 cm³/mol. The van der Waals surface area contributed by atoms with E-state index in [1.165, 1.54) is 13.0 Å². The van der Waals surface area contributed by atoms with Crippen LogP contribution in [0.2, 0.25) is 0 Å². The lowest BCUT2D eigenvalue weighted by atomic mass is 9.88. The number of benzene rings is 2. The number of aliphatic hydroxyl groups is 1. The Balaban J connectivity index is 1.49. The Morgan fingerprint density at radius 3 is 2.57 bits per heavy atom. The molecule has 10 heteroatoms. The van der Waals surface area contributed by atoms with Gasteiger partial charge in [0.2, 0.25) is 0 Å². The second kappa shape index (κ2) is 16.7. The average Bonchev–Trinajstić information content (AvgIpc) is 3.04. The SMILES string of the molecule is CCCc1c(OCCCC/C=C\C=C\[C@@H](c2c(OC(=O)O)oc3c(c2=O)=CCC(=S)C=3)[C@@H](O)c2ccccc2)ccc(C(C)=O)c1O. The maximum Gasteiger partial charge on any atom is 0.513 e. The highest BCUT2D eigenvalue weighted by atomic mass is 32.1. The smallest absolute Gasteiger partial charge is 0.507 e. The molecule has 1 heterocycles. The molecular formula is C37H38O9S. The first-order chi connectivity index (χ1) is 22.6. The number of allylic oxidation sites excluding steroid dienone is 3. The van der Waals surface area contributed by atoms with Crippen LogP contribution in [0, 0.1) is 0 Å². The molecule has 9 nitrogen and oxygen atoms in total. The molecule has 0 radical (unpaired) electrons. The molecule has 0 saturated heterocycles. The van der Waals surface area contributed by atoms with Crippen LogP contribution in [0.4, 0.5) is 4.79 Å². The molecule has 0 amide bonds. The van der Waals surface area contributed by atoms with Crippen molar-refractivity contribution in [2.75, 3.05) is 6.61 Å². The lowest BCUT2D eigenvalue weighted by Gasteiger charge is -2.21. The molecule has 0 unspecified atom stereocenters. The Bertz CT molecular complexity index is 1850. The normalized spacial score (nSPS) is 13.9. The number of hydrogen-bond donors (Lipinski definition) is 3. The molecule has 0 spiro atoms. The van der Waals surface area contributed by atoms with E-state index in [9.17, 15) is 29.7 Å². The van der Waals surface area contributed by atoms with Crippen LogP contribution in [-0.2, 0) is 6.42 Å². The van der Waals surface area contributed by atoms with E-state index in [-0.39, 0.29) is 33.3 Å². The summed E-state index contributed by atoms with van der Waals surface area (Å²) in [6, 6.07) is 12.0. The molecule has 4 rings (SSSR count). The fourth-order valence-electron chi connectivity index (χ4n) is 5.36. The van der Waals surface area contributed by atoms with Crippen LogP contribution in [0.1, 0.15) is 85.0 Å². The van der Waals surface area contributed by atoms with Gasteiger partial charge in [0.05, 0.1) is 29.1 Å². The van der Waals surface area contributed by atoms with Crippen LogP contribution in [0.15, 0.2) is 76.0 Å². The Hall–Kier alpha value is -4.80. The average molecular weight is 659 g/mol. The van der Waals surface area contributed by atoms with Gasteiger partial charge in [-0.25, -0.2) is 4.79 Å². The van der Waals surface area contributed by atoms with Crippen molar-refractivity contribution in [1.29, 1.82) is 0 Å². The maximum atomic E-state index is 13.7. The standard InChI is InChI=1S/C37H38O9S/c1-3-13-27-30(20-19-26(23(2)38)34(27)40)44-21-12-7-5-4-6-11-16-29(33(39)24-14-9-8-10-15-24)32-35(41)28-18-17-25(47)22-31(28)45-36(32)46-37(42)43/h4,6,8-11,14-16,18-20,22,29,33,39-40H,3,5,7,12-13,17,21H2,1-2H3,(H,42,43)/b6-4-,16-11+/t29-,33-/m0/s1. The summed E-state index contributed by atoms with van der Waals surface area (Å²) in [5.74, 6) is -1.16. The van der Waals surface area contributed by atoms with Crippen LogP contribution < -0.4 is 25.5 Å². The van der Waals surface area contributed by atoms with Gasteiger partial charge >= 0.3 is 12.1 Å². The first-order valence-electron chi connectivity index (χ1n) is 15.5. The first kappa shape index (κ1) is 35.1. The van der Waals surface area contributed by atoms with Crippen molar-refractivity contribution in [2.24, 2.45) is 0 Å². The number of fused-ring (bicyclic) bond motifs is 1. The number of unbranched alkanes of at least 4 members (excludes halogenated alkanes) is 2. The van der Waals surface area contributed by atoms with Gasteiger partial charge in [0.25, 0.3) is 0 Å². The summed E-state index contributed by atoms with van der Waals surface area (Å²) in [4.78, 5) is 37.6. The highest BCUT2D eigenvalue weighted by Crippen LogP contribution is 2.35. The van der Waals surface area contributed by atoms with Gasteiger partial charge in [0, 0.05) is 22.8 Å². The van der Waals surface area contributed by atoms with E-state index in [0.717, 1.165) is 25.7 Å². The number of ether oxygens (including phenoxy) is 2. The van der Waals surface area contributed by atoms with Gasteiger partial charge in [-0.15, -0.1) is 0 Å². The van der Waals surface area contributed by atoms with Crippen molar-refractivity contribution in [3.8, 4) is 17.4 Å². The molecule has 2 atom stereocenters. The Morgan fingerprint density at radius 2 is 1.87 bits per heavy atom. The molecule has 246 valence electrons. The molecular weight excluding hydrogens is 620 g/mol. The van der Waals surface area contributed by atoms with Crippen molar-refractivity contribution in [2.45, 2.75) is 64.4 Å². The second-order valence-electron chi connectivity index (χ2n) is 11.1. The number of thiocarbonyl (C=S) groups is 1. The number of phenols is 1. The zero-order valence-electron chi connectivity index (χ0n) is 26.3. The van der Waals surface area contributed by atoms with Crippen LogP contribution in [0.25, 0.3) is 12.2 Å². The Kier molecular flexibility index (Phi) is 12.4. The first-order valence-corrected chi connectivity index (χ1v) is 15.9. The quantitative estimate of drug-likeness (QED) is 0.0579. The van der Waals surface area contributed by atoms with Gasteiger partial charge in [0.15, 0.2) is 11.2 Å². The molecule has 2 aromatic carbocycles.